The van der Waals surface area contributed by atoms with Gasteiger partial charge in [-0.1, -0.05) is 42.5 Å². The van der Waals surface area contributed by atoms with Crippen molar-refractivity contribution in [1.29, 1.82) is 0 Å². The molecule has 0 spiro atoms. The summed E-state index contributed by atoms with van der Waals surface area (Å²) in [5, 5.41) is 12.8. The molecule has 0 aliphatic carbocycles. The summed E-state index contributed by atoms with van der Waals surface area (Å²) in [5.74, 6) is -0.335. The zero-order valence-electron chi connectivity index (χ0n) is 16.4. The molecule has 1 N–H and O–H groups in total. The van der Waals surface area contributed by atoms with E-state index in [0.29, 0.717) is 18.8 Å². The molecule has 8 nitrogen and oxygen atoms in total. The molecular weight excluding hydrogens is 380 g/mol. The largest absolute Gasteiger partial charge is 0.326 e. The van der Waals surface area contributed by atoms with Crippen LogP contribution in [0.15, 0.2) is 72.4 Å². The van der Waals surface area contributed by atoms with Crippen LogP contribution < -0.4 is 5.32 Å². The first-order chi connectivity index (χ1) is 14.7. The number of hydrazone groups is 1. The van der Waals surface area contributed by atoms with Gasteiger partial charge in [-0.2, -0.15) is 10.2 Å². The topological polar surface area (TPSA) is 92.5 Å². The maximum atomic E-state index is 12.4. The number of benzene rings is 2. The SMILES string of the molecule is O=C(CCC(=O)N1CCC(c2ccccc2)=N1)Nc1ccc(Cn2cncn2)cc1. The van der Waals surface area contributed by atoms with Crippen molar-refractivity contribution in [3.05, 3.63) is 78.4 Å². The van der Waals surface area contributed by atoms with E-state index in [1.165, 1.54) is 11.3 Å². The van der Waals surface area contributed by atoms with Crippen molar-refractivity contribution >= 4 is 23.2 Å². The highest BCUT2D eigenvalue weighted by atomic mass is 16.2. The van der Waals surface area contributed by atoms with E-state index in [4.69, 9.17) is 0 Å². The minimum atomic E-state index is -0.196. The molecule has 152 valence electrons. The van der Waals surface area contributed by atoms with Gasteiger partial charge in [0.15, 0.2) is 0 Å². The monoisotopic (exact) mass is 402 g/mol. The Hall–Kier alpha value is -3.81. The van der Waals surface area contributed by atoms with Crippen LogP contribution in [0.5, 0.6) is 0 Å². The summed E-state index contributed by atoms with van der Waals surface area (Å²) in [6.07, 6.45) is 4.11. The Bertz CT molecular complexity index is 1030. The predicted molar refractivity (Wildman–Crippen MR) is 113 cm³/mol. The lowest BCUT2D eigenvalue weighted by molar-refractivity contribution is -0.132. The van der Waals surface area contributed by atoms with E-state index in [9.17, 15) is 9.59 Å². The smallest absolute Gasteiger partial charge is 0.243 e. The summed E-state index contributed by atoms with van der Waals surface area (Å²) in [6, 6.07) is 17.3. The van der Waals surface area contributed by atoms with Gasteiger partial charge in [-0.25, -0.2) is 14.7 Å². The molecule has 1 aliphatic rings. The van der Waals surface area contributed by atoms with E-state index < -0.39 is 0 Å². The zero-order chi connectivity index (χ0) is 20.8. The highest BCUT2D eigenvalue weighted by Crippen LogP contribution is 2.16. The lowest BCUT2D eigenvalue weighted by atomic mass is 10.1. The van der Waals surface area contributed by atoms with Crippen LogP contribution in [0, 0.1) is 0 Å². The van der Waals surface area contributed by atoms with E-state index in [2.05, 4.69) is 20.5 Å². The molecule has 0 fully saturated rings. The van der Waals surface area contributed by atoms with Gasteiger partial charge >= 0.3 is 0 Å². The van der Waals surface area contributed by atoms with Gasteiger partial charge in [0.1, 0.15) is 12.7 Å². The Morgan fingerprint density at radius 3 is 2.53 bits per heavy atom. The van der Waals surface area contributed by atoms with Crippen molar-refractivity contribution < 1.29 is 9.59 Å². The van der Waals surface area contributed by atoms with Crippen LogP contribution in [0.4, 0.5) is 5.69 Å². The van der Waals surface area contributed by atoms with Crippen molar-refractivity contribution in [1.82, 2.24) is 19.8 Å². The second-order valence-corrected chi connectivity index (χ2v) is 7.02. The van der Waals surface area contributed by atoms with Gasteiger partial charge in [0.05, 0.1) is 18.8 Å². The van der Waals surface area contributed by atoms with Crippen LogP contribution in [0.2, 0.25) is 0 Å². The minimum absolute atomic E-state index is 0.117. The zero-order valence-corrected chi connectivity index (χ0v) is 16.4. The first kappa shape index (κ1) is 19.5. The molecule has 0 saturated heterocycles. The Morgan fingerprint density at radius 1 is 1.00 bits per heavy atom. The molecule has 0 unspecified atom stereocenters. The van der Waals surface area contributed by atoms with Crippen molar-refractivity contribution in [3.8, 4) is 0 Å². The summed E-state index contributed by atoms with van der Waals surface area (Å²) >= 11 is 0. The van der Waals surface area contributed by atoms with Crippen LogP contribution in [-0.4, -0.2) is 43.8 Å². The van der Waals surface area contributed by atoms with Crippen LogP contribution >= 0.6 is 0 Å². The molecule has 2 amide bonds. The number of rotatable bonds is 7. The summed E-state index contributed by atoms with van der Waals surface area (Å²) < 4.78 is 1.73. The molecule has 0 bridgehead atoms. The number of carbonyl (C=O) groups excluding carboxylic acids is 2. The summed E-state index contributed by atoms with van der Waals surface area (Å²) in [4.78, 5) is 28.5. The Morgan fingerprint density at radius 2 is 1.80 bits per heavy atom. The van der Waals surface area contributed by atoms with Crippen LogP contribution in [0.1, 0.15) is 30.4 Å². The van der Waals surface area contributed by atoms with Gasteiger partial charge in [-0.15, -0.1) is 0 Å². The molecule has 8 heteroatoms. The third-order valence-corrected chi connectivity index (χ3v) is 4.81. The molecule has 1 aliphatic heterocycles. The summed E-state index contributed by atoms with van der Waals surface area (Å²) in [6.45, 7) is 1.17. The number of aromatic nitrogens is 3. The van der Waals surface area contributed by atoms with Crippen LogP contribution in [-0.2, 0) is 16.1 Å². The third kappa shape index (κ3) is 4.96. The third-order valence-electron chi connectivity index (χ3n) is 4.81. The second kappa shape index (κ2) is 9.13. The molecular formula is C22H22N6O2. The van der Waals surface area contributed by atoms with Crippen molar-refractivity contribution in [2.24, 2.45) is 5.10 Å². The standard InChI is InChI=1S/C22H22N6O2/c29-21(25-19-8-6-17(7-9-19)14-27-16-23-15-24-27)10-11-22(30)28-13-12-20(26-28)18-4-2-1-3-5-18/h1-9,15-16H,10-14H2,(H,25,29). The molecule has 0 radical (unpaired) electrons. The number of anilines is 1. The Balaban J connectivity index is 1.24. The maximum Gasteiger partial charge on any atom is 0.243 e. The molecule has 3 aromatic rings. The first-order valence-electron chi connectivity index (χ1n) is 9.82. The number of nitrogens with zero attached hydrogens (tertiary/aromatic N) is 5. The number of hydrogen-bond acceptors (Lipinski definition) is 5. The second-order valence-electron chi connectivity index (χ2n) is 7.02. The van der Waals surface area contributed by atoms with Crippen molar-refractivity contribution in [2.75, 3.05) is 11.9 Å². The van der Waals surface area contributed by atoms with Gasteiger partial charge in [0.25, 0.3) is 0 Å². The number of nitrogens with one attached hydrogen (secondary N) is 1. The van der Waals surface area contributed by atoms with Crippen LogP contribution in [0.25, 0.3) is 0 Å². The summed E-state index contributed by atoms with van der Waals surface area (Å²) in [5.41, 5.74) is 3.67. The van der Waals surface area contributed by atoms with E-state index in [0.717, 1.165) is 23.3 Å². The first-order valence-corrected chi connectivity index (χ1v) is 9.82. The highest BCUT2D eigenvalue weighted by molar-refractivity contribution is 6.02. The van der Waals surface area contributed by atoms with Gasteiger partial charge in [0, 0.05) is 24.9 Å². The normalized spacial score (nSPS) is 13.2. The molecule has 0 saturated carbocycles. The highest BCUT2D eigenvalue weighted by Gasteiger charge is 2.21. The van der Waals surface area contributed by atoms with Crippen LogP contribution in [0.3, 0.4) is 0 Å². The van der Waals surface area contributed by atoms with Gasteiger partial charge in [-0.3, -0.25) is 9.59 Å². The molecule has 1 aromatic heterocycles. The van der Waals surface area contributed by atoms with E-state index in [1.54, 1.807) is 11.0 Å². The fourth-order valence-corrected chi connectivity index (χ4v) is 3.24. The maximum absolute atomic E-state index is 12.4. The average molecular weight is 402 g/mol. The van der Waals surface area contributed by atoms with Crippen molar-refractivity contribution in [3.63, 3.8) is 0 Å². The molecule has 2 heterocycles. The number of carbonyl (C=O) groups is 2. The van der Waals surface area contributed by atoms with Gasteiger partial charge < -0.3 is 5.32 Å². The predicted octanol–water partition coefficient (Wildman–Crippen LogP) is 2.68. The minimum Gasteiger partial charge on any atom is -0.326 e. The quantitative estimate of drug-likeness (QED) is 0.658. The molecule has 4 rings (SSSR count). The Labute approximate surface area is 174 Å². The lowest BCUT2D eigenvalue weighted by Gasteiger charge is -2.11. The Kier molecular flexibility index (Phi) is 5.93. The fraction of sp³-hybridized carbons (Fsp3) is 0.227. The van der Waals surface area contributed by atoms with Gasteiger partial charge in [-0.05, 0) is 23.3 Å². The van der Waals surface area contributed by atoms with Gasteiger partial charge in [0.2, 0.25) is 11.8 Å². The fourth-order valence-electron chi connectivity index (χ4n) is 3.24. The number of amides is 2. The van der Waals surface area contributed by atoms with E-state index in [-0.39, 0.29) is 24.7 Å². The van der Waals surface area contributed by atoms with E-state index in [1.807, 2.05) is 54.6 Å². The van der Waals surface area contributed by atoms with Crippen molar-refractivity contribution in [2.45, 2.75) is 25.8 Å². The molecule has 30 heavy (non-hydrogen) atoms. The lowest BCUT2D eigenvalue weighted by Crippen LogP contribution is -2.25. The average Bonchev–Trinajstić information content (AvgIpc) is 3.46. The molecule has 2 aromatic carbocycles. The summed E-state index contributed by atoms with van der Waals surface area (Å²) in [7, 11) is 0. The number of hydrogen-bond donors (Lipinski definition) is 1. The molecule has 0 atom stereocenters. The van der Waals surface area contributed by atoms with E-state index >= 15 is 0 Å².